The molecule has 0 heterocycles. The van der Waals surface area contributed by atoms with Crippen molar-refractivity contribution in [1.29, 1.82) is 0 Å². The second-order valence-electron chi connectivity index (χ2n) is 8.32. The van der Waals surface area contributed by atoms with E-state index in [2.05, 4.69) is 27.7 Å². The first kappa shape index (κ1) is 28.6. The summed E-state index contributed by atoms with van der Waals surface area (Å²) in [7, 11) is 0. The van der Waals surface area contributed by atoms with Crippen molar-refractivity contribution in [3.63, 3.8) is 0 Å². The van der Waals surface area contributed by atoms with E-state index in [-0.39, 0.29) is 17.0 Å². The van der Waals surface area contributed by atoms with Crippen molar-refractivity contribution in [3.05, 3.63) is 0 Å². The molecule has 0 bridgehead atoms. The Bertz CT molecular complexity index is 242. The van der Waals surface area contributed by atoms with E-state index in [4.69, 9.17) is 0 Å². The maximum Gasteiger partial charge on any atom is 0.0786 e. The molecule has 0 aliphatic rings. The number of hydrogen-bond donors (Lipinski definition) is 0. The highest BCUT2D eigenvalue weighted by molar-refractivity contribution is 4.50. The van der Waals surface area contributed by atoms with Gasteiger partial charge in [-0.1, -0.05) is 96.8 Å². The SMILES string of the molecule is CCCCCCCCCCCCCCCCCC[N+](CC)(CC)CC.[Br-]. The molecule has 0 aliphatic carbocycles. The lowest BCUT2D eigenvalue weighted by atomic mass is 10.0. The lowest BCUT2D eigenvalue weighted by Gasteiger charge is -2.35. The molecule has 0 atom stereocenters. The summed E-state index contributed by atoms with van der Waals surface area (Å²) in [4.78, 5) is 0. The van der Waals surface area contributed by atoms with Gasteiger partial charge in [-0.05, 0) is 33.6 Å². The zero-order valence-electron chi connectivity index (χ0n) is 19.0. The molecule has 0 aromatic rings. The van der Waals surface area contributed by atoms with E-state index in [0.29, 0.717) is 0 Å². The zero-order chi connectivity index (χ0) is 18.6. The first-order valence-electron chi connectivity index (χ1n) is 12.1. The Kier molecular flexibility index (Phi) is 24.0. The molecule has 0 saturated heterocycles. The average Bonchev–Trinajstić information content (AvgIpc) is 2.65. The molecule has 0 saturated carbocycles. The van der Waals surface area contributed by atoms with Gasteiger partial charge in [0.25, 0.3) is 0 Å². The minimum atomic E-state index is 0. The van der Waals surface area contributed by atoms with Crippen LogP contribution in [0.1, 0.15) is 130 Å². The van der Waals surface area contributed by atoms with E-state index in [9.17, 15) is 0 Å². The van der Waals surface area contributed by atoms with Crippen molar-refractivity contribution < 1.29 is 21.5 Å². The van der Waals surface area contributed by atoms with E-state index >= 15 is 0 Å². The van der Waals surface area contributed by atoms with Gasteiger partial charge in [0.2, 0.25) is 0 Å². The minimum Gasteiger partial charge on any atom is -1.00 e. The van der Waals surface area contributed by atoms with Crippen LogP contribution in [0.25, 0.3) is 0 Å². The lowest BCUT2D eigenvalue weighted by Crippen LogP contribution is -3.00. The van der Waals surface area contributed by atoms with Crippen molar-refractivity contribution in [1.82, 2.24) is 0 Å². The Morgan fingerprint density at radius 2 is 0.654 bits per heavy atom. The monoisotopic (exact) mass is 433 g/mol. The zero-order valence-corrected chi connectivity index (χ0v) is 20.6. The largest absolute Gasteiger partial charge is 1.00 e. The van der Waals surface area contributed by atoms with Crippen LogP contribution >= 0.6 is 0 Å². The second-order valence-corrected chi connectivity index (χ2v) is 8.32. The predicted molar refractivity (Wildman–Crippen MR) is 116 cm³/mol. The van der Waals surface area contributed by atoms with Gasteiger partial charge in [0, 0.05) is 0 Å². The van der Waals surface area contributed by atoms with Crippen molar-refractivity contribution in [3.8, 4) is 0 Å². The Balaban J connectivity index is 0. The van der Waals surface area contributed by atoms with E-state index < -0.39 is 0 Å². The molecule has 0 aromatic heterocycles. The van der Waals surface area contributed by atoms with Crippen molar-refractivity contribution in [2.45, 2.75) is 130 Å². The third-order valence-electron chi connectivity index (χ3n) is 6.50. The summed E-state index contributed by atoms with van der Waals surface area (Å²) >= 11 is 0. The molecule has 0 amide bonds. The number of hydrogen-bond acceptors (Lipinski definition) is 0. The maximum absolute atomic E-state index is 2.36. The van der Waals surface area contributed by atoms with Crippen molar-refractivity contribution in [2.24, 2.45) is 0 Å². The van der Waals surface area contributed by atoms with Gasteiger partial charge in [-0.15, -0.1) is 0 Å². The highest BCUT2D eigenvalue weighted by Crippen LogP contribution is 2.15. The van der Waals surface area contributed by atoms with Crippen LogP contribution in [0.3, 0.4) is 0 Å². The third-order valence-corrected chi connectivity index (χ3v) is 6.50. The fourth-order valence-electron chi connectivity index (χ4n) is 4.14. The number of halogens is 1. The van der Waals surface area contributed by atoms with Gasteiger partial charge in [0.15, 0.2) is 0 Å². The minimum absolute atomic E-state index is 0. The smallest absolute Gasteiger partial charge is 0.0786 e. The maximum atomic E-state index is 2.36. The Labute approximate surface area is 178 Å². The molecule has 0 N–H and O–H groups in total. The van der Waals surface area contributed by atoms with Crippen LogP contribution < -0.4 is 17.0 Å². The molecule has 0 unspecified atom stereocenters. The fourth-order valence-corrected chi connectivity index (χ4v) is 4.14. The number of nitrogens with zero attached hydrogens (tertiary/aromatic N) is 1. The highest BCUT2D eigenvalue weighted by atomic mass is 79.9. The fraction of sp³-hybridized carbons (Fsp3) is 1.00. The van der Waals surface area contributed by atoms with Gasteiger partial charge in [-0.25, -0.2) is 0 Å². The topological polar surface area (TPSA) is 0 Å². The van der Waals surface area contributed by atoms with E-state index in [1.807, 2.05) is 0 Å². The Morgan fingerprint density at radius 1 is 0.385 bits per heavy atom. The summed E-state index contributed by atoms with van der Waals surface area (Å²) in [5.74, 6) is 0. The normalized spacial score (nSPS) is 11.5. The quantitative estimate of drug-likeness (QED) is 0.184. The van der Waals surface area contributed by atoms with Crippen molar-refractivity contribution in [2.75, 3.05) is 26.2 Å². The first-order chi connectivity index (χ1) is 12.2. The van der Waals surface area contributed by atoms with Crippen LogP contribution in [0.4, 0.5) is 0 Å². The van der Waals surface area contributed by atoms with Crippen molar-refractivity contribution >= 4 is 0 Å². The van der Waals surface area contributed by atoms with E-state index in [0.717, 1.165) is 0 Å². The summed E-state index contributed by atoms with van der Waals surface area (Å²) in [6.07, 6.45) is 23.4. The molecule has 1 nitrogen and oxygen atoms in total. The highest BCUT2D eigenvalue weighted by Gasteiger charge is 2.19. The molecule has 160 valence electrons. The lowest BCUT2D eigenvalue weighted by molar-refractivity contribution is -0.923. The number of rotatable bonds is 20. The van der Waals surface area contributed by atoms with Gasteiger partial charge in [-0.3, -0.25) is 0 Å². The molecule has 0 rings (SSSR count). The summed E-state index contributed by atoms with van der Waals surface area (Å²) in [5, 5.41) is 0. The second kappa shape index (κ2) is 21.7. The Morgan fingerprint density at radius 3 is 0.923 bits per heavy atom. The van der Waals surface area contributed by atoms with Gasteiger partial charge < -0.3 is 21.5 Å². The summed E-state index contributed by atoms with van der Waals surface area (Å²) in [6, 6.07) is 0. The van der Waals surface area contributed by atoms with Crippen LogP contribution in [0, 0.1) is 0 Å². The van der Waals surface area contributed by atoms with Crippen LogP contribution in [-0.2, 0) is 0 Å². The van der Waals surface area contributed by atoms with Gasteiger partial charge in [-0.2, -0.15) is 0 Å². The summed E-state index contributed by atoms with van der Waals surface area (Å²) in [5.41, 5.74) is 0. The van der Waals surface area contributed by atoms with Crippen LogP contribution in [-0.4, -0.2) is 30.7 Å². The Hall–Kier alpha value is 0.440. The standard InChI is InChI=1S/C24H52N.BrH/c1-5-9-10-11-12-13-14-15-16-17-18-19-20-21-22-23-24-25(6-2,7-3)8-4;/h5-24H2,1-4H3;1H/q+1;/p-1. The molecule has 0 aromatic carbocycles. The molecule has 26 heavy (non-hydrogen) atoms. The third kappa shape index (κ3) is 16.6. The van der Waals surface area contributed by atoms with Crippen LogP contribution in [0.5, 0.6) is 0 Å². The van der Waals surface area contributed by atoms with Gasteiger partial charge in [0.1, 0.15) is 0 Å². The summed E-state index contributed by atoms with van der Waals surface area (Å²) < 4.78 is 1.33. The molecule has 0 aliphatic heterocycles. The van der Waals surface area contributed by atoms with Crippen LogP contribution in [0.15, 0.2) is 0 Å². The number of quaternary nitrogens is 1. The van der Waals surface area contributed by atoms with Crippen LogP contribution in [0.2, 0.25) is 0 Å². The number of unbranched alkanes of at least 4 members (excludes halogenated alkanes) is 15. The molecule has 0 fully saturated rings. The van der Waals surface area contributed by atoms with E-state index in [1.165, 1.54) is 133 Å². The molecule has 2 heteroatoms. The molecule has 0 radical (unpaired) electrons. The molecular formula is C24H52BrN. The molecular weight excluding hydrogens is 382 g/mol. The van der Waals surface area contributed by atoms with Gasteiger partial charge in [0.05, 0.1) is 26.2 Å². The van der Waals surface area contributed by atoms with Gasteiger partial charge >= 0.3 is 0 Å². The predicted octanol–water partition coefficient (Wildman–Crippen LogP) is 5.13. The average molecular weight is 435 g/mol. The van der Waals surface area contributed by atoms with E-state index in [1.54, 1.807) is 0 Å². The first-order valence-corrected chi connectivity index (χ1v) is 12.1. The molecule has 0 spiro atoms. The summed E-state index contributed by atoms with van der Waals surface area (Å²) in [6.45, 7) is 14.7.